The first kappa shape index (κ1) is 71.4. The fourth-order valence-corrected chi connectivity index (χ4v) is 10.4. The molecule has 0 aromatic carbocycles. The Bertz CT molecular complexity index is 1130. The Labute approximate surface area is 457 Å². The molecule has 0 aliphatic carbocycles. The van der Waals surface area contributed by atoms with Gasteiger partial charge >= 0.3 is 17.9 Å². The van der Waals surface area contributed by atoms with E-state index in [9.17, 15) is 14.4 Å². The van der Waals surface area contributed by atoms with Gasteiger partial charge in [-0.05, 0) is 37.0 Å². The van der Waals surface area contributed by atoms with Gasteiger partial charge in [0.15, 0.2) is 6.10 Å². The zero-order chi connectivity index (χ0) is 53.3. The molecule has 6 nitrogen and oxygen atoms in total. The number of carbonyl (C=O) groups is 3. The Hall–Kier alpha value is -1.59. The summed E-state index contributed by atoms with van der Waals surface area (Å²) in [6, 6.07) is 0. The van der Waals surface area contributed by atoms with Crippen molar-refractivity contribution >= 4 is 17.9 Å². The molecular weight excluding hydrogens is 901 g/mol. The lowest BCUT2D eigenvalue weighted by Crippen LogP contribution is -2.30. The SMILES string of the molecule is CCC(C)CCCCCCCCCCCCCCCCCCCCC(=O)OC[C@H](COC(=O)CCCCCCCCCCCCCCCC(C)C)OC(=O)CCCCCCCCCCCCCCCCC(C)C. The van der Waals surface area contributed by atoms with Crippen molar-refractivity contribution < 1.29 is 28.6 Å². The van der Waals surface area contributed by atoms with Gasteiger partial charge in [-0.25, -0.2) is 0 Å². The summed E-state index contributed by atoms with van der Waals surface area (Å²) < 4.78 is 17.0. The van der Waals surface area contributed by atoms with E-state index < -0.39 is 6.10 Å². The molecule has 2 atom stereocenters. The number of carbonyl (C=O) groups excluding carboxylic acids is 3. The molecule has 0 aromatic rings. The lowest BCUT2D eigenvalue weighted by Gasteiger charge is -2.18. The quantitative estimate of drug-likeness (QED) is 0.0343. The third-order valence-corrected chi connectivity index (χ3v) is 15.8. The Kier molecular flexibility index (Phi) is 56.8. The van der Waals surface area contributed by atoms with Crippen LogP contribution in [0.25, 0.3) is 0 Å². The number of unbranched alkanes of at least 4 members (excludes halogenated alkanes) is 42. The molecule has 0 radical (unpaired) electrons. The molecule has 0 amide bonds. The van der Waals surface area contributed by atoms with Gasteiger partial charge in [-0.15, -0.1) is 0 Å². The second kappa shape index (κ2) is 58.1. The van der Waals surface area contributed by atoms with Gasteiger partial charge in [-0.1, -0.05) is 337 Å². The predicted octanol–water partition coefficient (Wildman–Crippen LogP) is 22.2. The van der Waals surface area contributed by atoms with Gasteiger partial charge in [0.1, 0.15) is 13.2 Å². The van der Waals surface area contributed by atoms with Gasteiger partial charge in [0.05, 0.1) is 0 Å². The second-order valence-corrected chi connectivity index (χ2v) is 24.3. The zero-order valence-corrected chi connectivity index (χ0v) is 50.4. The minimum atomic E-state index is -0.765. The van der Waals surface area contributed by atoms with E-state index in [0.717, 1.165) is 75.5 Å². The lowest BCUT2D eigenvalue weighted by molar-refractivity contribution is -0.167. The monoisotopic (exact) mass is 1030 g/mol. The molecule has 0 N–H and O–H groups in total. The van der Waals surface area contributed by atoms with Crippen LogP contribution in [-0.2, 0) is 28.6 Å². The fraction of sp³-hybridized carbons (Fsp3) is 0.955. The van der Waals surface area contributed by atoms with Crippen LogP contribution in [0.4, 0.5) is 0 Å². The van der Waals surface area contributed by atoms with Crippen molar-refractivity contribution in [3.05, 3.63) is 0 Å². The lowest BCUT2D eigenvalue weighted by atomic mass is 9.99. The van der Waals surface area contributed by atoms with Crippen LogP contribution in [0.15, 0.2) is 0 Å². The molecule has 0 saturated heterocycles. The van der Waals surface area contributed by atoms with Gasteiger partial charge in [0.25, 0.3) is 0 Å². The molecule has 0 saturated carbocycles. The average Bonchev–Trinajstić information content (AvgIpc) is 3.37. The third kappa shape index (κ3) is 59.5. The number of esters is 3. The maximum atomic E-state index is 12.9. The first-order valence-electron chi connectivity index (χ1n) is 33.1. The predicted molar refractivity (Wildman–Crippen MR) is 316 cm³/mol. The molecule has 73 heavy (non-hydrogen) atoms. The molecule has 0 fully saturated rings. The van der Waals surface area contributed by atoms with Crippen LogP contribution >= 0.6 is 0 Å². The van der Waals surface area contributed by atoms with Crippen molar-refractivity contribution in [2.45, 2.75) is 382 Å². The number of hydrogen-bond donors (Lipinski definition) is 0. The molecule has 6 heteroatoms. The van der Waals surface area contributed by atoms with E-state index in [-0.39, 0.29) is 31.1 Å². The molecule has 0 rings (SSSR count). The number of rotatable bonds is 60. The summed E-state index contributed by atoms with van der Waals surface area (Å²) in [5.41, 5.74) is 0. The van der Waals surface area contributed by atoms with E-state index in [1.54, 1.807) is 0 Å². The number of ether oxygens (including phenoxy) is 3. The highest BCUT2D eigenvalue weighted by atomic mass is 16.6. The van der Waals surface area contributed by atoms with Crippen molar-refractivity contribution in [2.75, 3.05) is 13.2 Å². The fourth-order valence-electron chi connectivity index (χ4n) is 10.4. The van der Waals surface area contributed by atoms with Gasteiger partial charge in [-0.2, -0.15) is 0 Å². The smallest absolute Gasteiger partial charge is 0.306 e. The second-order valence-electron chi connectivity index (χ2n) is 24.3. The Balaban J connectivity index is 4.27. The topological polar surface area (TPSA) is 78.9 Å². The molecule has 0 aliphatic rings. The summed E-state index contributed by atoms with van der Waals surface area (Å²) in [4.78, 5) is 38.4. The van der Waals surface area contributed by atoms with Gasteiger partial charge < -0.3 is 14.2 Å². The van der Waals surface area contributed by atoms with Crippen LogP contribution in [0.3, 0.4) is 0 Å². The van der Waals surface area contributed by atoms with Crippen LogP contribution in [0.2, 0.25) is 0 Å². The van der Waals surface area contributed by atoms with Crippen LogP contribution in [-0.4, -0.2) is 37.2 Å². The maximum Gasteiger partial charge on any atom is 0.306 e. The standard InChI is InChI=1S/C67H130O6/c1-7-63(6)55-49-43-37-31-25-19-12-10-8-9-11-13-20-26-32-38-44-50-56-65(68)71-59-64(60-72-66(69)57-51-45-39-33-27-22-16-18-24-30-36-42-48-54-62(4)5)73-67(70)58-52-46-40-34-28-21-15-14-17-23-29-35-41-47-53-61(2)3/h61-64H,7-60H2,1-6H3/t63?,64-/m1/s1. The molecule has 0 spiro atoms. The Morgan fingerprint density at radius 3 is 0.712 bits per heavy atom. The van der Waals surface area contributed by atoms with Gasteiger partial charge in [0.2, 0.25) is 0 Å². The van der Waals surface area contributed by atoms with Gasteiger partial charge in [-0.3, -0.25) is 14.4 Å². The molecule has 0 bridgehead atoms. The van der Waals surface area contributed by atoms with E-state index in [0.29, 0.717) is 19.3 Å². The van der Waals surface area contributed by atoms with E-state index >= 15 is 0 Å². The van der Waals surface area contributed by atoms with E-state index in [1.807, 2.05) is 0 Å². The van der Waals surface area contributed by atoms with Crippen molar-refractivity contribution in [1.82, 2.24) is 0 Å². The average molecular weight is 1030 g/mol. The highest BCUT2D eigenvalue weighted by molar-refractivity contribution is 5.71. The minimum absolute atomic E-state index is 0.0623. The molecular formula is C67H130O6. The normalized spacial score (nSPS) is 12.5. The van der Waals surface area contributed by atoms with Crippen LogP contribution < -0.4 is 0 Å². The van der Waals surface area contributed by atoms with Crippen molar-refractivity contribution in [2.24, 2.45) is 17.8 Å². The molecule has 1 unspecified atom stereocenters. The Morgan fingerprint density at radius 1 is 0.274 bits per heavy atom. The largest absolute Gasteiger partial charge is 0.462 e. The Morgan fingerprint density at radius 2 is 0.479 bits per heavy atom. The van der Waals surface area contributed by atoms with Gasteiger partial charge in [0, 0.05) is 19.3 Å². The minimum Gasteiger partial charge on any atom is -0.462 e. The van der Waals surface area contributed by atoms with E-state index in [1.165, 1.54) is 257 Å². The summed E-state index contributed by atoms with van der Waals surface area (Å²) in [6.07, 6.45) is 63.9. The highest BCUT2D eigenvalue weighted by Crippen LogP contribution is 2.20. The molecule has 0 aliphatic heterocycles. The van der Waals surface area contributed by atoms with E-state index in [2.05, 4.69) is 41.5 Å². The molecule has 0 aromatic heterocycles. The van der Waals surface area contributed by atoms with Crippen molar-refractivity contribution in [3.8, 4) is 0 Å². The maximum absolute atomic E-state index is 12.9. The first-order valence-corrected chi connectivity index (χ1v) is 33.1. The van der Waals surface area contributed by atoms with Crippen molar-refractivity contribution in [1.29, 1.82) is 0 Å². The summed E-state index contributed by atoms with van der Waals surface area (Å²) in [7, 11) is 0. The van der Waals surface area contributed by atoms with Crippen LogP contribution in [0.1, 0.15) is 375 Å². The third-order valence-electron chi connectivity index (χ3n) is 15.8. The summed E-state index contributed by atoms with van der Waals surface area (Å²) in [5.74, 6) is 1.76. The number of hydrogen-bond acceptors (Lipinski definition) is 6. The zero-order valence-electron chi connectivity index (χ0n) is 50.4. The van der Waals surface area contributed by atoms with Crippen LogP contribution in [0.5, 0.6) is 0 Å². The summed E-state index contributed by atoms with van der Waals surface area (Å²) >= 11 is 0. The first-order chi connectivity index (χ1) is 35.6. The highest BCUT2D eigenvalue weighted by Gasteiger charge is 2.20. The molecule has 434 valence electrons. The summed E-state index contributed by atoms with van der Waals surface area (Å²) in [6.45, 7) is 13.9. The van der Waals surface area contributed by atoms with E-state index in [4.69, 9.17) is 14.2 Å². The van der Waals surface area contributed by atoms with Crippen LogP contribution in [0, 0.1) is 17.8 Å². The molecule has 0 heterocycles. The summed E-state index contributed by atoms with van der Waals surface area (Å²) in [5, 5.41) is 0. The van der Waals surface area contributed by atoms with Crippen molar-refractivity contribution in [3.63, 3.8) is 0 Å².